The van der Waals surface area contributed by atoms with Gasteiger partial charge in [-0.15, -0.1) is 0 Å². The molecule has 3 aromatic rings. The molecule has 0 bridgehead atoms. The number of hydrogen-bond donors (Lipinski definition) is 0. The molecule has 0 fully saturated rings. The highest BCUT2D eigenvalue weighted by molar-refractivity contribution is 9.10. The number of ketones is 1. The third kappa shape index (κ3) is 5.65. The van der Waals surface area contributed by atoms with E-state index in [4.69, 9.17) is 9.47 Å². The number of carbonyl (C=O) groups excluding carboxylic acids is 2. The number of carbonyl (C=O) groups is 2. The van der Waals surface area contributed by atoms with Gasteiger partial charge in [0.05, 0.1) is 12.2 Å². The van der Waals surface area contributed by atoms with Gasteiger partial charge in [0, 0.05) is 15.6 Å². The van der Waals surface area contributed by atoms with Gasteiger partial charge in [-0.25, -0.2) is 4.79 Å². The number of allylic oxidation sites excluding steroid dienone is 1. The van der Waals surface area contributed by atoms with Crippen LogP contribution < -0.4 is 9.47 Å². The molecule has 0 unspecified atom stereocenters. The summed E-state index contributed by atoms with van der Waals surface area (Å²) < 4.78 is 11.8. The topological polar surface area (TPSA) is 52.6 Å². The lowest BCUT2D eigenvalue weighted by Crippen LogP contribution is -2.08. The summed E-state index contributed by atoms with van der Waals surface area (Å²) in [5.74, 6) is 0.500. The average molecular weight is 451 g/mol. The van der Waals surface area contributed by atoms with Crippen molar-refractivity contribution in [3.63, 3.8) is 0 Å². The van der Waals surface area contributed by atoms with E-state index in [2.05, 4.69) is 15.9 Å². The molecular formula is C24H19BrO4. The highest BCUT2D eigenvalue weighted by Crippen LogP contribution is 2.20. The molecule has 0 aliphatic heterocycles. The smallest absolute Gasteiger partial charge is 0.343 e. The molecule has 4 nitrogen and oxygen atoms in total. The number of rotatable bonds is 7. The van der Waals surface area contributed by atoms with Gasteiger partial charge in [-0.05, 0) is 73.7 Å². The maximum Gasteiger partial charge on any atom is 0.343 e. The zero-order valence-electron chi connectivity index (χ0n) is 15.8. The van der Waals surface area contributed by atoms with Crippen LogP contribution in [0.5, 0.6) is 11.5 Å². The minimum atomic E-state index is -0.455. The molecule has 0 radical (unpaired) electrons. The van der Waals surface area contributed by atoms with Crippen LogP contribution in [0.3, 0.4) is 0 Å². The third-order valence-electron chi connectivity index (χ3n) is 4.06. The summed E-state index contributed by atoms with van der Waals surface area (Å²) in [6.07, 6.45) is 3.23. The molecular weight excluding hydrogens is 432 g/mol. The molecule has 0 saturated carbocycles. The predicted molar refractivity (Wildman–Crippen MR) is 117 cm³/mol. The Hall–Kier alpha value is -3.18. The largest absolute Gasteiger partial charge is 0.493 e. The van der Waals surface area contributed by atoms with Gasteiger partial charge in [-0.2, -0.15) is 0 Å². The summed E-state index contributed by atoms with van der Waals surface area (Å²) in [5, 5.41) is 0. The fourth-order valence-electron chi connectivity index (χ4n) is 2.61. The highest BCUT2D eigenvalue weighted by Gasteiger charge is 2.09. The van der Waals surface area contributed by atoms with E-state index in [1.165, 1.54) is 6.08 Å². The lowest BCUT2D eigenvalue weighted by molar-refractivity contribution is 0.0734. The van der Waals surface area contributed by atoms with Crippen molar-refractivity contribution in [3.05, 3.63) is 100 Å². The number of halogens is 1. The van der Waals surface area contributed by atoms with Gasteiger partial charge in [0.25, 0.3) is 0 Å². The monoisotopic (exact) mass is 450 g/mol. The second kappa shape index (κ2) is 9.85. The molecule has 0 saturated heterocycles. The van der Waals surface area contributed by atoms with Crippen LogP contribution in [-0.4, -0.2) is 18.4 Å². The van der Waals surface area contributed by atoms with Gasteiger partial charge < -0.3 is 9.47 Å². The van der Waals surface area contributed by atoms with Gasteiger partial charge in [-0.3, -0.25) is 4.79 Å². The van der Waals surface area contributed by atoms with E-state index in [1.54, 1.807) is 54.6 Å². The lowest BCUT2D eigenvalue weighted by atomic mass is 10.1. The van der Waals surface area contributed by atoms with E-state index in [0.717, 1.165) is 15.8 Å². The Balaban J connectivity index is 1.66. The van der Waals surface area contributed by atoms with Crippen molar-refractivity contribution in [2.24, 2.45) is 0 Å². The Morgan fingerprint density at radius 2 is 1.55 bits per heavy atom. The summed E-state index contributed by atoms with van der Waals surface area (Å²) in [5.41, 5.74) is 1.78. The maximum absolute atomic E-state index is 12.4. The number of benzene rings is 3. The van der Waals surface area contributed by atoms with E-state index in [1.807, 2.05) is 31.2 Å². The third-order valence-corrected chi connectivity index (χ3v) is 4.59. The number of para-hydroxylation sites is 1. The van der Waals surface area contributed by atoms with E-state index >= 15 is 0 Å². The highest BCUT2D eigenvalue weighted by atomic mass is 79.9. The van der Waals surface area contributed by atoms with Crippen LogP contribution in [0.2, 0.25) is 0 Å². The molecule has 3 aromatic carbocycles. The lowest BCUT2D eigenvalue weighted by Gasteiger charge is -2.06. The van der Waals surface area contributed by atoms with E-state index < -0.39 is 5.97 Å². The number of ether oxygens (including phenoxy) is 2. The predicted octanol–water partition coefficient (Wildman–Crippen LogP) is 5.96. The molecule has 0 N–H and O–H groups in total. The SMILES string of the molecule is CCOc1ccccc1/C=C/C(=O)c1ccc(OC(=O)c2ccc(Br)cc2)cc1. The van der Waals surface area contributed by atoms with Crippen molar-refractivity contribution in [2.45, 2.75) is 6.92 Å². The van der Waals surface area contributed by atoms with Crippen molar-refractivity contribution in [2.75, 3.05) is 6.61 Å². The fourth-order valence-corrected chi connectivity index (χ4v) is 2.87. The van der Waals surface area contributed by atoms with Crippen LogP contribution in [0.15, 0.2) is 83.3 Å². The summed E-state index contributed by atoms with van der Waals surface area (Å²) in [7, 11) is 0. The van der Waals surface area contributed by atoms with E-state index in [9.17, 15) is 9.59 Å². The van der Waals surface area contributed by atoms with Crippen LogP contribution in [0.25, 0.3) is 6.08 Å². The fraction of sp³-hybridized carbons (Fsp3) is 0.0833. The maximum atomic E-state index is 12.4. The molecule has 3 rings (SSSR count). The molecule has 0 amide bonds. The van der Waals surface area contributed by atoms with E-state index in [-0.39, 0.29) is 5.78 Å². The zero-order chi connectivity index (χ0) is 20.6. The quantitative estimate of drug-likeness (QED) is 0.192. The van der Waals surface area contributed by atoms with Crippen LogP contribution in [0.1, 0.15) is 33.2 Å². The average Bonchev–Trinajstić information content (AvgIpc) is 2.74. The Morgan fingerprint density at radius 3 is 2.24 bits per heavy atom. The first-order valence-electron chi connectivity index (χ1n) is 9.09. The summed E-state index contributed by atoms with van der Waals surface area (Å²) in [4.78, 5) is 24.6. The molecule has 0 spiro atoms. The Labute approximate surface area is 177 Å². The Kier molecular flexibility index (Phi) is 6.98. The first kappa shape index (κ1) is 20.6. The van der Waals surface area contributed by atoms with Gasteiger partial charge >= 0.3 is 5.97 Å². The van der Waals surface area contributed by atoms with Crippen LogP contribution in [0.4, 0.5) is 0 Å². The molecule has 29 heavy (non-hydrogen) atoms. The molecule has 0 aromatic heterocycles. The van der Waals surface area contributed by atoms with Crippen molar-refractivity contribution < 1.29 is 19.1 Å². The minimum absolute atomic E-state index is 0.151. The molecule has 0 aliphatic rings. The number of esters is 1. The van der Waals surface area contributed by atoms with Crippen molar-refractivity contribution in [1.29, 1.82) is 0 Å². The number of hydrogen-bond acceptors (Lipinski definition) is 4. The first-order chi connectivity index (χ1) is 14.1. The summed E-state index contributed by atoms with van der Waals surface area (Å²) >= 11 is 3.33. The molecule has 0 atom stereocenters. The van der Waals surface area contributed by atoms with Crippen LogP contribution in [0, 0.1) is 0 Å². The molecule has 0 aliphatic carbocycles. The van der Waals surface area contributed by atoms with Gasteiger partial charge in [0.15, 0.2) is 5.78 Å². The second-order valence-electron chi connectivity index (χ2n) is 6.09. The van der Waals surface area contributed by atoms with Gasteiger partial charge in [-0.1, -0.05) is 34.1 Å². The van der Waals surface area contributed by atoms with E-state index in [0.29, 0.717) is 23.5 Å². The normalized spacial score (nSPS) is 10.7. The standard InChI is InChI=1S/C24H19BrO4/c1-2-28-23-6-4-3-5-18(23)11-16-22(26)17-9-14-21(15-10-17)29-24(27)19-7-12-20(25)13-8-19/h3-16H,2H2,1H3/b16-11+. The first-order valence-corrected chi connectivity index (χ1v) is 9.88. The Bertz CT molecular complexity index is 1020. The Morgan fingerprint density at radius 1 is 0.897 bits per heavy atom. The van der Waals surface area contributed by atoms with Crippen molar-refractivity contribution in [1.82, 2.24) is 0 Å². The van der Waals surface area contributed by atoms with Crippen LogP contribution in [-0.2, 0) is 0 Å². The van der Waals surface area contributed by atoms with Crippen molar-refractivity contribution >= 4 is 33.8 Å². The van der Waals surface area contributed by atoms with Gasteiger partial charge in [0.2, 0.25) is 0 Å². The van der Waals surface area contributed by atoms with Crippen molar-refractivity contribution in [3.8, 4) is 11.5 Å². The van der Waals surface area contributed by atoms with Gasteiger partial charge in [0.1, 0.15) is 11.5 Å². The summed E-state index contributed by atoms with van der Waals surface area (Å²) in [6, 6.07) is 20.9. The second-order valence-corrected chi connectivity index (χ2v) is 7.00. The molecule has 0 heterocycles. The van der Waals surface area contributed by atoms with Crippen LogP contribution >= 0.6 is 15.9 Å². The molecule has 5 heteroatoms. The molecule has 146 valence electrons. The summed E-state index contributed by atoms with van der Waals surface area (Å²) in [6.45, 7) is 2.47. The zero-order valence-corrected chi connectivity index (χ0v) is 17.4. The minimum Gasteiger partial charge on any atom is -0.493 e.